The number of amides is 1. The lowest BCUT2D eigenvalue weighted by Crippen LogP contribution is -2.31. The maximum Gasteiger partial charge on any atom is 0.338 e. The first-order valence-corrected chi connectivity index (χ1v) is 11.3. The van der Waals surface area contributed by atoms with Crippen LogP contribution < -0.4 is 10.1 Å². The predicted octanol–water partition coefficient (Wildman–Crippen LogP) is 3.22. The third kappa shape index (κ3) is 5.83. The SMILES string of the molecule is CCN(CC)S(=O)(=O)c1cccc(C(=O)OC(C)C(=O)Nc2cc(C)ccc2OC)c1. The molecule has 0 heterocycles. The van der Waals surface area contributed by atoms with Gasteiger partial charge in [0.25, 0.3) is 5.91 Å². The van der Waals surface area contributed by atoms with Crippen molar-refractivity contribution in [1.29, 1.82) is 0 Å². The van der Waals surface area contributed by atoms with E-state index in [-0.39, 0.29) is 10.5 Å². The molecular formula is C22H28N2O6S. The van der Waals surface area contributed by atoms with Gasteiger partial charge in [0, 0.05) is 13.1 Å². The molecule has 1 N–H and O–H groups in total. The van der Waals surface area contributed by atoms with E-state index in [2.05, 4.69) is 5.32 Å². The number of esters is 1. The largest absolute Gasteiger partial charge is 0.495 e. The molecule has 0 spiro atoms. The van der Waals surface area contributed by atoms with Gasteiger partial charge in [-0.2, -0.15) is 4.31 Å². The molecule has 0 saturated heterocycles. The van der Waals surface area contributed by atoms with Crippen molar-refractivity contribution in [3.8, 4) is 5.75 Å². The van der Waals surface area contributed by atoms with Crippen LogP contribution in [0.25, 0.3) is 0 Å². The number of benzene rings is 2. The lowest BCUT2D eigenvalue weighted by atomic mass is 10.2. The zero-order valence-corrected chi connectivity index (χ0v) is 19.2. The van der Waals surface area contributed by atoms with Crippen molar-refractivity contribution in [2.24, 2.45) is 0 Å². The molecule has 1 atom stereocenters. The molecule has 0 saturated carbocycles. The molecule has 2 aromatic carbocycles. The number of hydrogen-bond donors (Lipinski definition) is 1. The van der Waals surface area contributed by atoms with Crippen LogP contribution in [0.4, 0.5) is 5.69 Å². The molecular weight excluding hydrogens is 420 g/mol. The van der Waals surface area contributed by atoms with Gasteiger partial charge in [-0.25, -0.2) is 13.2 Å². The van der Waals surface area contributed by atoms with Crippen LogP contribution in [0.5, 0.6) is 5.75 Å². The van der Waals surface area contributed by atoms with Crippen molar-refractivity contribution in [2.75, 3.05) is 25.5 Å². The number of carbonyl (C=O) groups excluding carboxylic acids is 2. The van der Waals surface area contributed by atoms with E-state index in [1.54, 1.807) is 26.0 Å². The fraction of sp³-hybridized carbons (Fsp3) is 0.364. The topological polar surface area (TPSA) is 102 Å². The third-order valence-electron chi connectivity index (χ3n) is 4.68. The molecule has 0 aliphatic carbocycles. The van der Waals surface area contributed by atoms with Crippen LogP contribution in [0.1, 0.15) is 36.7 Å². The summed E-state index contributed by atoms with van der Waals surface area (Å²) < 4.78 is 37.2. The normalized spacial score (nSPS) is 12.3. The molecule has 0 bridgehead atoms. The highest BCUT2D eigenvalue weighted by Gasteiger charge is 2.24. The van der Waals surface area contributed by atoms with E-state index in [1.807, 2.05) is 13.0 Å². The summed E-state index contributed by atoms with van der Waals surface area (Å²) in [5, 5.41) is 2.68. The Morgan fingerprint density at radius 1 is 1.10 bits per heavy atom. The fourth-order valence-corrected chi connectivity index (χ4v) is 4.44. The highest BCUT2D eigenvalue weighted by atomic mass is 32.2. The first-order valence-electron chi connectivity index (χ1n) is 9.90. The lowest BCUT2D eigenvalue weighted by molar-refractivity contribution is -0.123. The van der Waals surface area contributed by atoms with E-state index < -0.39 is 28.0 Å². The average Bonchev–Trinajstić information content (AvgIpc) is 2.74. The Morgan fingerprint density at radius 3 is 2.39 bits per heavy atom. The predicted molar refractivity (Wildman–Crippen MR) is 118 cm³/mol. The van der Waals surface area contributed by atoms with Crippen molar-refractivity contribution in [2.45, 2.75) is 38.7 Å². The Labute approximate surface area is 183 Å². The highest BCUT2D eigenvalue weighted by molar-refractivity contribution is 7.89. The number of anilines is 1. The van der Waals surface area contributed by atoms with Gasteiger partial charge in [0.1, 0.15) is 5.75 Å². The number of nitrogens with zero attached hydrogens (tertiary/aromatic N) is 1. The molecule has 168 valence electrons. The van der Waals surface area contributed by atoms with E-state index in [4.69, 9.17) is 9.47 Å². The van der Waals surface area contributed by atoms with E-state index in [0.717, 1.165) is 5.56 Å². The summed E-state index contributed by atoms with van der Waals surface area (Å²) in [7, 11) is -2.23. The summed E-state index contributed by atoms with van der Waals surface area (Å²) in [6.45, 7) is 7.41. The van der Waals surface area contributed by atoms with Crippen LogP contribution in [0.15, 0.2) is 47.4 Å². The van der Waals surface area contributed by atoms with Gasteiger partial charge in [-0.3, -0.25) is 4.79 Å². The van der Waals surface area contributed by atoms with Crippen molar-refractivity contribution in [3.63, 3.8) is 0 Å². The van der Waals surface area contributed by atoms with Gasteiger partial charge in [-0.1, -0.05) is 26.0 Å². The molecule has 0 aliphatic rings. The first kappa shape index (κ1) is 24.4. The first-order chi connectivity index (χ1) is 14.6. The summed E-state index contributed by atoms with van der Waals surface area (Å²) in [6.07, 6.45) is -1.11. The van der Waals surface area contributed by atoms with Gasteiger partial charge < -0.3 is 14.8 Å². The van der Waals surface area contributed by atoms with Crippen molar-refractivity contribution >= 4 is 27.6 Å². The van der Waals surface area contributed by atoms with Gasteiger partial charge in [0.15, 0.2) is 6.10 Å². The minimum Gasteiger partial charge on any atom is -0.495 e. The van der Waals surface area contributed by atoms with Crippen molar-refractivity contribution < 1.29 is 27.5 Å². The molecule has 9 heteroatoms. The van der Waals surface area contributed by atoms with Crippen LogP contribution in [-0.4, -0.2) is 50.9 Å². The Kier molecular flexibility index (Phi) is 8.18. The Hall–Kier alpha value is -2.91. The fourth-order valence-electron chi connectivity index (χ4n) is 2.93. The van der Waals surface area contributed by atoms with E-state index in [1.165, 1.54) is 42.6 Å². The quantitative estimate of drug-likeness (QED) is 0.591. The number of hydrogen-bond acceptors (Lipinski definition) is 6. The summed E-state index contributed by atoms with van der Waals surface area (Å²) in [6, 6.07) is 10.9. The second kappa shape index (κ2) is 10.4. The van der Waals surface area contributed by atoms with Gasteiger partial charge >= 0.3 is 5.97 Å². The summed E-state index contributed by atoms with van der Waals surface area (Å²) in [5.41, 5.74) is 1.43. The van der Waals surface area contributed by atoms with E-state index in [9.17, 15) is 18.0 Å². The van der Waals surface area contributed by atoms with Gasteiger partial charge in [-0.15, -0.1) is 0 Å². The van der Waals surface area contributed by atoms with Crippen LogP contribution in [0.3, 0.4) is 0 Å². The summed E-state index contributed by atoms with van der Waals surface area (Å²) in [4.78, 5) is 25.0. The number of nitrogens with one attached hydrogen (secondary N) is 1. The third-order valence-corrected chi connectivity index (χ3v) is 6.72. The van der Waals surface area contributed by atoms with Gasteiger partial charge in [0.05, 0.1) is 23.3 Å². The number of ether oxygens (including phenoxy) is 2. The molecule has 2 aromatic rings. The molecule has 0 fully saturated rings. The van der Waals surface area contributed by atoms with Gasteiger partial charge in [0.2, 0.25) is 10.0 Å². The molecule has 8 nitrogen and oxygen atoms in total. The summed E-state index contributed by atoms with van der Waals surface area (Å²) >= 11 is 0. The number of methoxy groups -OCH3 is 1. The molecule has 0 aliphatic heterocycles. The Morgan fingerprint density at radius 2 is 1.77 bits per heavy atom. The molecule has 0 radical (unpaired) electrons. The van der Waals surface area contributed by atoms with E-state index >= 15 is 0 Å². The van der Waals surface area contributed by atoms with Crippen molar-refractivity contribution in [1.82, 2.24) is 4.31 Å². The maximum atomic E-state index is 12.7. The number of carbonyl (C=O) groups is 2. The number of rotatable bonds is 9. The molecule has 1 unspecified atom stereocenters. The zero-order valence-electron chi connectivity index (χ0n) is 18.3. The standard InChI is InChI=1S/C22H28N2O6S/c1-6-24(7-2)31(27,28)18-10-8-9-17(14-18)22(26)30-16(4)21(25)23-19-13-15(3)11-12-20(19)29-5/h8-14,16H,6-7H2,1-5H3,(H,23,25). The minimum atomic E-state index is -3.72. The Balaban J connectivity index is 2.15. The molecule has 0 aromatic heterocycles. The second-order valence-corrected chi connectivity index (χ2v) is 8.80. The monoisotopic (exact) mass is 448 g/mol. The average molecular weight is 449 g/mol. The second-order valence-electron chi connectivity index (χ2n) is 6.86. The summed E-state index contributed by atoms with van der Waals surface area (Å²) in [5.74, 6) is -0.855. The smallest absolute Gasteiger partial charge is 0.338 e. The highest BCUT2D eigenvalue weighted by Crippen LogP contribution is 2.25. The number of sulfonamides is 1. The zero-order chi connectivity index (χ0) is 23.2. The lowest BCUT2D eigenvalue weighted by Gasteiger charge is -2.19. The molecule has 1 amide bonds. The van der Waals surface area contributed by atoms with Crippen LogP contribution in [0.2, 0.25) is 0 Å². The minimum absolute atomic E-state index is 0.00717. The maximum absolute atomic E-state index is 12.7. The Bertz CT molecular complexity index is 1050. The number of aryl methyl sites for hydroxylation is 1. The van der Waals surface area contributed by atoms with Crippen LogP contribution in [0, 0.1) is 6.92 Å². The van der Waals surface area contributed by atoms with Gasteiger partial charge in [-0.05, 0) is 49.7 Å². The molecule has 31 heavy (non-hydrogen) atoms. The van der Waals surface area contributed by atoms with Crippen molar-refractivity contribution in [3.05, 3.63) is 53.6 Å². The molecule has 2 rings (SSSR count). The van der Waals surface area contributed by atoms with Crippen LogP contribution in [-0.2, 0) is 19.6 Å². The van der Waals surface area contributed by atoms with Crippen LogP contribution >= 0.6 is 0 Å². The van der Waals surface area contributed by atoms with E-state index in [0.29, 0.717) is 24.5 Å².